The highest BCUT2D eigenvalue weighted by Crippen LogP contribution is 2.34. The van der Waals surface area contributed by atoms with E-state index in [1.54, 1.807) is 32.0 Å². The van der Waals surface area contributed by atoms with Gasteiger partial charge in [-0.1, -0.05) is 6.07 Å². The molecule has 0 aliphatic heterocycles. The number of aryl methyl sites for hydroxylation is 1. The average Bonchev–Trinajstić information content (AvgIpc) is 3.16. The summed E-state index contributed by atoms with van der Waals surface area (Å²) in [5.74, 6) is -1.13. The maximum Gasteiger partial charge on any atom is 0.341 e. The lowest BCUT2D eigenvalue weighted by Gasteiger charge is -2.10. The van der Waals surface area contributed by atoms with E-state index in [9.17, 15) is 19.2 Å². The van der Waals surface area contributed by atoms with Gasteiger partial charge in [0.15, 0.2) is 18.1 Å². The van der Waals surface area contributed by atoms with Gasteiger partial charge in [0.05, 0.1) is 31.3 Å². The summed E-state index contributed by atoms with van der Waals surface area (Å²) in [6, 6.07) is 5.31. The first-order chi connectivity index (χ1) is 16.2. The maximum absolute atomic E-state index is 12.4. The fourth-order valence-electron chi connectivity index (χ4n) is 3.04. The van der Waals surface area contributed by atoms with Gasteiger partial charge in [-0.15, -0.1) is 11.3 Å². The molecule has 1 aromatic heterocycles. The number of esters is 2. The summed E-state index contributed by atoms with van der Waals surface area (Å²) < 4.78 is 20.5. The molecule has 1 aromatic carbocycles. The number of hydrogen-bond acceptors (Lipinski definition) is 9. The standard InChI is InChI=1S/C23H28N2O8S/c1-6-32-23(29)19-13(2)20(21(28)24-3)34-22(19)25-17(26)12-33-18(27)10-8-14-7-9-15(30-4)16(11-14)31-5/h7,9,11H,6,8,10,12H2,1-5H3,(H,24,28)(H,25,26). The zero-order chi connectivity index (χ0) is 25.3. The van der Waals surface area contributed by atoms with Crippen molar-refractivity contribution in [3.63, 3.8) is 0 Å². The minimum atomic E-state index is -0.659. The molecule has 2 N–H and O–H groups in total. The van der Waals surface area contributed by atoms with Crippen LogP contribution in [0.4, 0.5) is 5.00 Å². The molecule has 2 amide bonds. The van der Waals surface area contributed by atoms with Crippen molar-refractivity contribution < 1.29 is 38.1 Å². The Morgan fingerprint density at radius 3 is 2.35 bits per heavy atom. The molecule has 10 nitrogen and oxygen atoms in total. The number of ether oxygens (including phenoxy) is 4. The Kier molecular flexibility index (Phi) is 9.87. The van der Waals surface area contributed by atoms with Crippen molar-refractivity contribution in [2.75, 3.05) is 39.8 Å². The van der Waals surface area contributed by atoms with E-state index in [1.165, 1.54) is 21.3 Å². The molecule has 11 heteroatoms. The van der Waals surface area contributed by atoms with E-state index in [-0.39, 0.29) is 28.5 Å². The van der Waals surface area contributed by atoms with Crippen LogP contribution >= 0.6 is 11.3 Å². The van der Waals surface area contributed by atoms with Gasteiger partial charge in [-0.3, -0.25) is 14.4 Å². The maximum atomic E-state index is 12.4. The number of carbonyl (C=O) groups is 4. The SMILES string of the molecule is CCOC(=O)c1c(NC(=O)COC(=O)CCc2ccc(OC)c(OC)c2)sc(C(=O)NC)c1C. The number of hydrogen-bond donors (Lipinski definition) is 2. The van der Waals surface area contributed by atoms with Gasteiger partial charge >= 0.3 is 11.9 Å². The van der Waals surface area contributed by atoms with E-state index in [2.05, 4.69) is 10.6 Å². The van der Waals surface area contributed by atoms with E-state index >= 15 is 0 Å². The lowest BCUT2D eigenvalue weighted by atomic mass is 10.1. The smallest absolute Gasteiger partial charge is 0.341 e. The fourth-order valence-corrected chi connectivity index (χ4v) is 4.20. The van der Waals surface area contributed by atoms with Crippen molar-refractivity contribution in [3.8, 4) is 11.5 Å². The molecule has 1 heterocycles. The predicted octanol–water partition coefficient (Wildman–Crippen LogP) is 2.72. The van der Waals surface area contributed by atoms with E-state index in [4.69, 9.17) is 18.9 Å². The number of amides is 2. The minimum absolute atomic E-state index is 0.0514. The third-order valence-electron chi connectivity index (χ3n) is 4.74. The average molecular weight is 493 g/mol. The lowest BCUT2D eigenvalue weighted by Crippen LogP contribution is -2.22. The van der Waals surface area contributed by atoms with E-state index in [1.807, 2.05) is 0 Å². The number of anilines is 1. The second kappa shape index (κ2) is 12.6. The minimum Gasteiger partial charge on any atom is -0.493 e. The van der Waals surface area contributed by atoms with Gasteiger partial charge in [0.2, 0.25) is 0 Å². The van der Waals surface area contributed by atoms with E-state index < -0.39 is 30.4 Å². The largest absolute Gasteiger partial charge is 0.493 e. The molecule has 184 valence electrons. The quantitative estimate of drug-likeness (QED) is 0.458. The third kappa shape index (κ3) is 6.70. The number of benzene rings is 1. The molecular formula is C23H28N2O8S. The molecule has 2 rings (SSSR count). The molecule has 34 heavy (non-hydrogen) atoms. The second-order valence-corrected chi connectivity index (χ2v) is 7.98. The number of methoxy groups -OCH3 is 2. The van der Waals surface area contributed by atoms with Crippen LogP contribution in [0, 0.1) is 6.92 Å². The Bertz CT molecular complexity index is 1060. The van der Waals surface area contributed by atoms with Crippen LogP contribution in [0.3, 0.4) is 0 Å². The first-order valence-corrected chi connectivity index (χ1v) is 11.3. The monoisotopic (exact) mass is 492 g/mol. The molecule has 0 aliphatic carbocycles. The van der Waals surface area contributed by atoms with Gasteiger partial charge in [0.25, 0.3) is 11.8 Å². The van der Waals surface area contributed by atoms with Crippen LogP contribution in [0.25, 0.3) is 0 Å². The summed E-state index contributed by atoms with van der Waals surface area (Å²) in [5, 5.41) is 5.18. The molecule has 0 radical (unpaired) electrons. The van der Waals surface area contributed by atoms with Gasteiger partial charge in [0.1, 0.15) is 5.00 Å². The van der Waals surface area contributed by atoms with Crippen LogP contribution in [0.15, 0.2) is 18.2 Å². The molecule has 2 aromatic rings. The highest BCUT2D eigenvalue weighted by atomic mass is 32.1. The summed E-state index contributed by atoms with van der Waals surface area (Å²) >= 11 is 0.942. The lowest BCUT2D eigenvalue weighted by molar-refractivity contribution is -0.147. The first kappa shape index (κ1) is 26.7. The number of rotatable bonds is 11. The van der Waals surface area contributed by atoms with Crippen molar-refractivity contribution in [1.82, 2.24) is 5.32 Å². The third-order valence-corrected chi connectivity index (χ3v) is 5.95. The molecule has 0 saturated carbocycles. The molecule has 0 aliphatic rings. The van der Waals surface area contributed by atoms with Crippen LogP contribution < -0.4 is 20.1 Å². The van der Waals surface area contributed by atoms with Gasteiger partial charge in [-0.25, -0.2) is 4.79 Å². The molecule has 0 bridgehead atoms. The van der Waals surface area contributed by atoms with Gasteiger partial charge < -0.3 is 29.6 Å². The van der Waals surface area contributed by atoms with E-state index in [0.717, 1.165) is 16.9 Å². The van der Waals surface area contributed by atoms with Crippen LogP contribution in [-0.4, -0.2) is 58.2 Å². The van der Waals surface area contributed by atoms with Gasteiger partial charge in [-0.2, -0.15) is 0 Å². The Labute approximate surface area is 201 Å². The van der Waals surface area contributed by atoms with E-state index in [0.29, 0.717) is 23.5 Å². The zero-order valence-electron chi connectivity index (χ0n) is 19.7. The molecule has 0 unspecified atom stereocenters. The molecule has 0 saturated heterocycles. The van der Waals surface area contributed by atoms with Crippen molar-refractivity contribution in [1.29, 1.82) is 0 Å². The Hall–Kier alpha value is -3.60. The van der Waals surface area contributed by atoms with Crippen molar-refractivity contribution in [3.05, 3.63) is 39.8 Å². The molecule has 0 atom stereocenters. The molecular weight excluding hydrogens is 464 g/mol. The summed E-state index contributed by atoms with van der Waals surface area (Å²) in [5.41, 5.74) is 1.33. The van der Waals surface area contributed by atoms with Crippen molar-refractivity contribution >= 4 is 40.1 Å². The van der Waals surface area contributed by atoms with Gasteiger partial charge in [-0.05, 0) is 43.5 Å². The summed E-state index contributed by atoms with van der Waals surface area (Å²) in [4.78, 5) is 49.2. The Morgan fingerprint density at radius 1 is 1.03 bits per heavy atom. The summed E-state index contributed by atoms with van der Waals surface area (Å²) in [7, 11) is 4.52. The Morgan fingerprint density at radius 2 is 1.74 bits per heavy atom. The number of carbonyl (C=O) groups excluding carboxylic acids is 4. The topological polar surface area (TPSA) is 129 Å². The van der Waals surface area contributed by atoms with Crippen LogP contribution in [0.1, 0.15) is 44.5 Å². The van der Waals surface area contributed by atoms with Gasteiger partial charge in [0, 0.05) is 13.5 Å². The highest BCUT2D eigenvalue weighted by molar-refractivity contribution is 7.18. The summed E-state index contributed by atoms with van der Waals surface area (Å²) in [6.07, 6.45) is 0.434. The van der Waals surface area contributed by atoms with Crippen LogP contribution in [0.2, 0.25) is 0 Å². The highest BCUT2D eigenvalue weighted by Gasteiger charge is 2.26. The molecule has 0 spiro atoms. The number of thiophene rings is 1. The van der Waals surface area contributed by atoms with Crippen LogP contribution in [0.5, 0.6) is 11.5 Å². The predicted molar refractivity (Wildman–Crippen MR) is 126 cm³/mol. The second-order valence-electron chi connectivity index (χ2n) is 6.96. The zero-order valence-corrected chi connectivity index (χ0v) is 20.6. The molecule has 0 fully saturated rings. The van der Waals surface area contributed by atoms with Crippen LogP contribution in [-0.2, 0) is 25.5 Å². The first-order valence-electron chi connectivity index (χ1n) is 10.4. The Balaban J connectivity index is 1.98. The summed E-state index contributed by atoms with van der Waals surface area (Å²) in [6.45, 7) is 2.84. The fraction of sp³-hybridized carbons (Fsp3) is 0.391. The van der Waals surface area contributed by atoms with Crippen molar-refractivity contribution in [2.24, 2.45) is 0 Å². The van der Waals surface area contributed by atoms with Crippen molar-refractivity contribution in [2.45, 2.75) is 26.7 Å². The normalized spacial score (nSPS) is 10.3. The number of nitrogens with one attached hydrogen (secondary N) is 2.